The number of carbonyl (C=O) groups excluding carboxylic acids is 1. The molecule has 0 spiro atoms. The molecule has 6 nitrogen and oxygen atoms in total. The summed E-state index contributed by atoms with van der Waals surface area (Å²) in [6.45, 7) is 5.69. The van der Waals surface area contributed by atoms with E-state index in [4.69, 9.17) is 5.26 Å². The van der Waals surface area contributed by atoms with Gasteiger partial charge in [0, 0.05) is 0 Å². The van der Waals surface area contributed by atoms with Crippen LogP contribution in [0.15, 0.2) is 53.4 Å². The fourth-order valence-corrected chi connectivity index (χ4v) is 3.24. The Morgan fingerprint density at radius 2 is 1.69 bits per heavy atom. The highest BCUT2D eigenvalue weighted by molar-refractivity contribution is 7.89. The third-order valence-corrected chi connectivity index (χ3v) is 5.19. The van der Waals surface area contributed by atoms with Crippen LogP contribution >= 0.6 is 0 Å². The number of amides is 1. The largest absolute Gasteiger partial charge is 0.324 e. The second-order valence-corrected chi connectivity index (χ2v) is 8.57. The Hall–Kier alpha value is -2.69. The van der Waals surface area contributed by atoms with E-state index >= 15 is 0 Å². The number of rotatable bonds is 5. The van der Waals surface area contributed by atoms with Crippen molar-refractivity contribution in [2.45, 2.75) is 31.1 Å². The van der Waals surface area contributed by atoms with Crippen LogP contribution in [0.1, 0.15) is 31.9 Å². The average molecular weight is 371 g/mol. The smallest absolute Gasteiger partial charge is 0.241 e. The van der Waals surface area contributed by atoms with E-state index in [-0.39, 0.29) is 10.3 Å². The van der Waals surface area contributed by atoms with Crippen molar-refractivity contribution in [1.82, 2.24) is 4.72 Å². The lowest BCUT2D eigenvalue weighted by molar-refractivity contribution is -0.115. The predicted octanol–water partition coefficient (Wildman–Crippen LogP) is 2.77. The monoisotopic (exact) mass is 371 g/mol. The van der Waals surface area contributed by atoms with Gasteiger partial charge in [0.05, 0.1) is 22.7 Å². The average Bonchev–Trinajstić information content (AvgIpc) is 2.60. The molecule has 2 rings (SSSR count). The molecule has 0 aromatic heterocycles. The van der Waals surface area contributed by atoms with Crippen molar-refractivity contribution in [2.24, 2.45) is 0 Å². The minimum absolute atomic E-state index is 0.0796. The van der Waals surface area contributed by atoms with Crippen molar-refractivity contribution in [3.8, 4) is 6.07 Å². The van der Waals surface area contributed by atoms with Crippen LogP contribution in [0.25, 0.3) is 0 Å². The summed E-state index contributed by atoms with van der Waals surface area (Å²) in [6.07, 6.45) is 0. The molecule has 2 aromatic carbocycles. The molecule has 0 bridgehead atoms. The summed E-state index contributed by atoms with van der Waals surface area (Å²) in [5.41, 5.74) is 1.58. The number of anilines is 1. The Morgan fingerprint density at radius 1 is 1.08 bits per heavy atom. The minimum Gasteiger partial charge on any atom is -0.324 e. The molecule has 0 saturated carbocycles. The van der Waals surface area contributed by atoms with Gasteiger partial charge in [-0.3, -0.25) is 4.79 Å². The van der Waals surface area contributed by atoms with E-state index in [0.717, 1.165) is 5.56 Å². The number of carbonyl (C=O) groups is 1. The number of sulfonamides is 1. The highest BCUT2D eigenvalue weighted by Crippen LogP contribution is 2.23. The molecule has 0 aliphatic rings. The van der Waals surface area contributed by atoms with Crippen LogP contribution < -0.4 is 10.0 Å². The number of nitrogens with one attached hydrogen (secondary N) is 2. The number of nitriles is 1. The fraction of sp³-hybridized carbons (Fsp3) is 0.263. The second-order valence-electron chi connectivity index (χ2n) is 6.80. The van der Waals surface area contributed by atoms with Gasteiger partial charge in [-0.15, -0.1) is 0 Å². The van der Waals surface area contributed by atoms with Gasteiger partial charge in [0.1, 0.15) is 6.07 Å². The first-order chi connectivity index (χ1) is 12.1. The van der Waals surface area contributed by atoms with Crippen molar-refractivity contribution < 1.29 is 13.2 Å². The first-order valence-corrected chi connectivity index (χ1v) is 9.51. The number of hydrogen-bond donors (Lipinski definition) is 2. The van der Waals surface area contributed by atoms with Gasteiger partial charge >= 0.3 is 0 Å². The highest BCUT2D eigenvalue weighted by Gasteiger charge is 2.18. The van der Waals surface area contributed by atoms with Gasteiger partial charge in [-0.2, -0.15) is 5.26 Å². The molecule has 0 saturated heterocycles. The van der Waals surface area contributed by atoms with E-state index in [1.807, 2.05) is 26.8 Å². The van der Waals surface area contributed by atoms with Crippen LogP contribution in [-0.2, 0) is 20.2 Å². The van der Waals surface area contributed by atoms with Gasteiger partial charge in [-0.25, -0.2) is 13.1 Å². The molecule has 7 heteroatoms. The minimum atomic E-state index is -3.80. The molecular weight excluding hydrogens is 350 g/mol. The maximum atomic E-state index is 12.3. The lowest BCUT2D eigenvalue weighted by Gasteiger charge is -2.19. The van der Waals surface area contributed by atoms with E-state index < -0.39 is 22.5 Å². The normalized spacial score (nSPS) is 11.6. The Bertz CT molecular complexity index is 937. The van der Waals surface area contributed by atoms with Crippen molar-refractivity contribution in [1.29, 1.82) is 5.26 Å². The van der Waals surface area contributed by atoms with Gasteiger partial charge in [0.15, 0.2) is 0 Å². The molecule has 26 heavy (non-hydrogen) atoms. The number of para-hydroxylation sites is 1. The summed E-state index contributed by atoms with van der Waals surface area (Å²) in [7, 11) is -3.80. The van der Waals surface area contributed by atoms with Crippen LogP contribution in [0.2, 0.25) is 0 Å². The molecule has 0 aliphatic heterocycles. The summed E-state index contributed by atoms with van der Waals surface area (Å²) < 4.78 is 26.9. The zero-order valence-corrected chi connectivity index (χ0v) is 15.7. The standard InChI is InChI=1S/C19H21N3O3S/c1-19(2,3)15-8-10-16(11-9-15)26(24,25)21-13-18(23)22-17-7-5-4-6-14(17)12-20/h4-11,21H,13H2,1-3H3,(H,22,23). The second kappa shape index (κ2) is 7.68. The molecule has 136 valence electrons. The SMILES string of the molecule is CC(C)(C)c1ccc(S(=O)(=O)NCC(=O)Nc2ccccc2C#N)cc1. The molecule has 0 fully saturated rings. The van der Waals surface area contributed by atoms with E-state index in [1.54, 1.807) is 36.4 Å². The number of benzene rings is 2. The third-order valence-electron chi connectivity index (χ3n) is 3.77. The summed E-state index contributed by atoms with van der Waals surface area (Å²) >= 11 is 0. The van der Waals surface area contributed by atoms with E-state index in [2.05, 4.69) is 10.0 Å². The maximum absolute atomic E-state index is 12.3. The molecule has 1 amide bonds. The van der Waals surface area contributed by atoms with Crippen molar-refractivity contribution in [3.63, 3.8) is 0 Å². The third kappa shape index (κ3) is 4.91. The van der Waals surface area contributed by atoms with Crippen molar-refractivity contribution in [2.75, 3.05) is 11.9 Å². The lowest BCUT2D eigenvalue weighted by Crippen LogP contribution is -2.33. The Labute approximate surface area is 153 Å². The lowest BCUT2D eigenvalue weighted by atomic mass is 9.87. The van der Waals surface area contributed by atoms with Gasteiger partial charge < -0.3 is 5.32 Å². The topological polar surface area (TPSA) is 99.1 Å². The zero-order valence-electron chi connectivity index (χ0n) is 14.9. The van der Waals surface area contributed by atoms with Gasteiger partial charge in [-0.05, 0) is 35.2 Å². The number of hydrogen-bond acceptors (Lipinski definition) is 4. The molecule has 0 aliphatic carbocycles. The first-order valence-electron chi connectivity index (χ1n) is 8.03. The van der Waals surface area contributed by atoms with Crippen LogP contribution in [0.4, 0.5) is 5.69 Å². The Morgan fingerprint density at radius 3 is 2.27 bits per heavy atom. The fourth-order valence-electron chi connectivity index (χ4n) is 2.26. The Balaban J connectivity index is 2.03. The van der Waals surface area contributed by atoms with Crippen LogP contribution in [0.5, 0.6) is 0 Å². The summed E-state index contributed by atoms with van der Waals surface area (Å²) in [5, 5.41) is 11.5. The van der Waals surface area contributed by atoms with Gasteiger partial charge in [0.2, 0.25) is 15.9 Å². The van der Waals surface area contributed by atoms with Crippen molar-refractivity contribution >= 4 is 21.6 Å². The highest BCUT2D eigenvalue weighted by atomic mass is 32.2. The zero-order chi connectivity index (χ0) is 19.4. The van der Waals surface area contributed by atoms with Crippen molar-refractivity contribution in [3.05, 3.63) is 59.7 Å². The Kier molecular flexibility index (Phi) is 5.80. The van der Waals surface area contributed by atoms with E-state index in [9.17, 15) is 13.2 Å². The predicted molar refractivity (Wildman–Crippen MR) is 100 cm³/mol. The van der Waals surface area contributed by atoms with E-state index in [0.29, 0.717) is 11.3 Å². The first kappa shape index (κ1) is 19.6. The van der Waals surface area contributed by atoms with E-state index in [1.165, 1.54) is 12.1 Å². The molecule has 0 unspecified atom stereocenters. The molecular formula is C19H21N3O3S. The van der Waals surface area contributed by atoms with Crippen LogP contribution in [-0.4, -0.2) is 20.9 Å². The molecule has 0 heterocycles. The summed E-state index contributed by atoms with van der Waals surface area (Å²) in [6, 6.07) is 15.0. The molecule has 0 radical (unpaired) electrons. The molecule has 2 aromatic rings. The molecule has 0 atom stereocenters. The van der Waals surface area contributed by atoms with Gasteiger partial charge in [-0.1, -0.05) is 45.0 Å². The van der Waals surface area contributed by atoms with Crippen LogP contribution in [0, 0.1) is 11.3 Å². The summed E-state index contributed by atoms with van der Waals surface area (Å²) in [4.78, 5) is 12.1. The number of nitrogens with zero attached hydrogens (tertiary/aromatic N) is 1. The summed E-state index contributed by atoms with van der Waals surface area (Å²) in [5.74, 6) is -0.553. The van der Waals surface area contributed by atoms with Crippen LogP contribution in [0.3, 0.4) is 0 Å². The molecule has 2 N–H and O–H groups in total. The van der Waals surface area contributed by atoms with Gasteiger partial charge in [0.25, 0.3) is 0 Å². The maximum Gasteiger partial charge on any atom is 0.241 e. The quantitative estimate of drug-likeness (QED) is 0.844.